The van der Waals surface area contributed by atoms with E-state index in [4.69, 9.17) is 10.5 Å². The van der Waals surface area contributed by atoms with Crippen LogP contribution in [-0.2, 0) is 11.2 Å². The molecule has 0 spiro atoms. The van der Waals surface area contributed by atoms with Crippen molar-refractivity contribution in [1.82, 2.24) is 5.32 Å². The SMILES string of the molecule is COC(C)(C)CNC(=O)c1cccc(CCN)c1. The highest BCUT2D eigenvalue weighted by Crippen LogP contribution is 2.08. The first kappa shape index (κ1) is 14.7. The predicted octanol–water partition coefficient (Wildman–Crippen LogP) is 1.34. The standard InChI is InChI=1S/C14H22N2O2/c1-14(2,18-3)10-16-13(17)12-6-4-5-11(9-12)7-8-15/h4-6,9H,7-8,10,15H2,1-3H3,(H,16,17). The molecule has 0 atom stereocenters. The molecule has 0 aromatic heterocycles. The van der Waals surface area contributed by atoms with Gasteiger partial charge in [0.15, 0.2) is 0 Å². The van der Waals surface area contributed by atoms with Crippen molar-refractivity contribution in [1.29, 1.82) is 0 Å². The fraction of sp³-hybridized carbons (Fsp3) is 0.500. The maximum absolute atomic E-state index is 12.0. The third-order valence-electron chi connectivity index (χ3n) is 2.85. The number of nitrogens with one attached hydrogen (secondary N) is 1. The van der Waals surface area contributed by atoms with Crippen molar-refractivity contribution in [3.8, 4) is 0 Å². The molecule has 0 saturated heterocycles. The Morgan fingerprint density at radius 2 is 2.17 bits per heavy atom. The van der Waals surface area contributed by atoms with Crippen molar-refractivity contribution in [2.45, 2.75) is 25.9 Å². The van der Waals surface area contributed by atoms with Gasteiger partial charge in [-0.15, -0.1) is 0 Å². The first-order valence-corrected chi connectivity index (χ1v) is 6.11. The van der Waals surface area contributed by atoms with E-state index in [9.17, 15) is 4.79 Å². The quantitative estimate of drug-likeness (QED) is 0.801. The second kappa shape index (κ2) is 6.52. The number of nitrogens with two attached hydrogens (primary N) is 1. The third-order valence-corrected chi connectivity index (χ3v) is 2.85. The fourth-order valence-corrected chi connectivity index (χ4v) is 1.50. The summed E-state index contributed by atoms with van der Waals surface area (Å²) in [5.74, 6) is -0.0843. The monoisotopic (exact) mass is 250 g/mol. The average Bonchev–Trinajstić information content (AvgIpc) is 2.37. The minimum absolute atomic E-state index is 0.0843. The number of methoxy groups -OCH3 is 1. The normalized spacial score (nSPS) is 11.3. The summed E-state index contributed by atoms with van der Waals surface area (Å²) in [6.45, 7) is 4.92. The Morgan fingerprint density at radius 3 is 2.78 bits per heavy atom. The van der Waals surface area contributed by atoms with Gasteiger partial charge >= 0.3 is 0 Å². The van der Waals surface area contributed by atoms with E-state index in [0.29, 0.717) is 18.7 Å². The molecule has 0 bridgehead atoms. The van der Waals surface area contributed by atoms with E-state index in [1.807, 2.05) is 32.0 Å². The minimum Gasteiger partial charge on any atom is -0.377 e. The van der Waals surface area contributed by atoms with Gasteiger partial charge in [0, 0.05) is 19.2 Å². The highest BCUT2D eigenvalue weighted by Gasteiger charge is 2.17. The molecule has 100 valence electrons. The van der Waals surface area contributed by atoms with Crippen molar-refractivity contribution in [3.63, 3.8) is 0 Å². The van der Waals surface area contributed by atoms with E-state index >= 15 is 0 Å². The molecule has 0 aliphatic carbocycles. The summed E-state index contributed by atoms with van der Waals surface area (Å²) in [5.41, 5.74) is 6.89. The van der Waals surface area contributed by atoms with Crippen molar-refractivity contribution in [3.05, 3.63) is 35.4 Å². The molecule has 1 amide bonds. The average molecular weight is 250 g/mol. The lowest BCUT2D eigenvalue weighted by atomic mass is 10.1. The van der Waals surface area contributed by atoms with Crippen LogP contribution in [0.1, 0.15) is 29.8 Å². The lowest BCUT2D eigenvalue weighted by Gasteiger charge is -2.23. The second-order valence-electron chi connectivity index (χ2n) is 4.89. The van der Waals surface area contributed by atoms with Crippen LogP contribution in [0.25, 0.3) is 0 Å². The van der Waals surface area contributed by atoms with E-state index in [2.05, 4.69) is 5.32 Å². The molecule has 1 aromatic rings. The molecule has 0 radical (unpaired) electrons. The summed E-state index contributed by atoms with van der Waals surface area (Å²) >= 11 is 0. The van der Waals surface area contributed by atoms with E-state index in [0.717, 1.165) is 12.0 Å². The van der Waals surface area contributed by atoms with Crippen molar-refractivity contribution in [2.24, 2.45) is 5.73 Å². The van der Waals surface area contributed by atoms with Crippen LogP contribution in [0.3, 0.4) is 0 Å². The van der Waals surface area contributed by atoms with E-state index < -0.39 is 0 Å². The summed E-state index contributed by atoms with van der Waals surface area (Å²) in [6, 6.07) is 7.53. The predicted molar refractivity (Wildman–Crippen MR) is 72.6 cm³/mol. The van der Waals surface area contributed by atoms with E-state index in [1.54, 1.807) is 13.2 Å². The molecule has 4 nitrogen and oxygen atoms in total. The number of rotatable bonds is 6. The molecule has 18 heavy (non-hydrogen) atoms. The van der Waals surface area contributed by atoms with Gasteiger partial charge in [-0.2, -0.15) is 0 Å². The Kier molecular flexibility index (Phi) is 5.31. The van der Waals surface area contributed by atoms with Crippen LogP contribution in [0.5, 0.6) is 0 Å². The summed E-state index contributed by atoms with van der Waals surface area (Å²) in [6.07, 6.45) is 0.782. The number of hydrogen-bond donors (Lipinski definition) is 2. The molecule has 0 aliphatic rings. The lowest BCUT2D eigenvalue weighted by molar-refractivity contribution is 0.0229. The smallest absolute Gasteiger partial charge is 0.251 e. The third kappa shape index (κ3) is 4.47. The summed E-state index contributed by atoms with van der Waals surface area (Å²) in [5, 5.41) is 2.86. The summed E-state index contributed by atoms with van der Waals surface area (Å²) < 4.78 is 5.25. The lowest BCUT2D eigenvalue weighted by Crippen LogP contribution is -2.39. The molecular weight excluding hydrogens is 228 g/mol. The number of amides is 1. The number of carbonyl (C=O) groups excluding carboxylic acids is 1. The number of ether oxygens (including phenoxy) is 1. The van der Waals surface area contributed by atoms with Gasteiger partial charge in [0.2, 0.25) is 0 Å². The second-order valence-corrected chi connectivity index (χ2v) is 4.89. The van der Waals surface area contributed by atoms with E-state index in [-0.39, 0.29) is 11.5 Å². The number of benzene rings is 1. The highest BCUT2D eigenvalue weighted by molar-refractivity contribution is 5.94. The van der Waals surface area contributed by atoms with Gasteiger partial charge in [-0.25, -0.2) is 0 Å². The van der Waals surface area contributed by atoms with Gasteiger partial charge in [0.05, 0.1) is 5.60 Å². The first-order valence-electron chi connectivity index (χ1n) is 6.11. The molecule has 0 heterocycles. The Labute approximate surface area is 109 Å². The molecular formula is C14H22N2O2. The maximum atomic E-state index is 12.0. The van der Waals surface area contributed by atoms with E-state index in [1.165, 1.54) is 0 Å². The van der Waals surface area contributed by atoms with Gasteiger partial charge in [0.25, 0.3) is 5.91 Å². The maximum Gasteiger partial charge on any atom is 0.251 e. The highest BCUT2D eigenvalue weighted by atomic mass is 16.5. The Balaban J connectivity index is 2.64. The Hall–Kier alpha value is -1.39. The van der Waals surface area contributed by atoms with Gasteiger partial charge in [-0.05, 0) is 44.5 Å². The van der Waals surface area contributed by atoms with Crippen LogP contribution >= 0.6 is 0 Å². The minimum atomic E-state index is -0.357. The molecule has 0 fully saturated rings. The van der Waals surface area contributed by atoms with Crippen LogP contribution in [0.4, 0.5) is 0 Å². The zero-order valence-corrected chi connectivity index (χ0v) is 11.3. The largest absolute Gasteiger partial charge is 0.377 e. The molecule has 1 rings (SSSR count). The molecule has 3 N–H and O–H groups in total. The molecule has 0 aliphatic heterocycles. The molecule has 0 unspecified atom stereocenters. The van der Waals surface area contributed by atoms with Crippen LogP contribution < -0.4 is 11.1 Å². The molecule has 4 heteroatoms. The van der Waals surface area contributed by atoms with Crippen molar-refractivity contribution >= 4 is 5.91 Å². The zero-order valence-electron chi connectivity index (χ0n) is 11.3. The van der Waals surface area contributed by atoms with Gasteiger partial charge in [-0.3, -0.25) is 4.79 Å². The van der Waals surface area contributed by atoms with Gasteiger partial charge < -0.3 is 15.8 Å². The first-order chi connectivity index (χ1) is 8.48. The number of carbonyl (C=O) groups is 1. The van der Waals surface area contributed by atoms with Gasteiger partial charge in [0.1, 0.15) is 0 Å². The van der Waals surface area contributed by atoms with Crippen LogP contribution in [0.2, 0.25) is 0 Å². The van der Waals surface area contributed by atoms with Crippen LogP contribution in [0, 0.1) is 0 Å². The zero-order chi connectivity index (χ0) is 13.6. The summed E-state index contributed by atoms with van der Waals surface area (Å²) in [4.78, 5) is 12.0. The number of hydrogen-bond acceptors (Lipinski definition) is 3. The Morgan fingerprint density at radius 1 is 1.44 bits per heavy atom. The van der Waals surface area contributed by atoms with Crippen LogP contribution in [-0.4, -0.2) is 31.7 Å². The van der Waals surface area contributed by atoms with Gasteiger partial charge in [-0.1, -0.05) is 12.1 Å². The summed E-state index contributed by atoms with van der Waals surface area (Å²) in [7, 11) is 1.63. The van der Waals surface area contributed by atoms with Crippen LogP contribution in [0.15, 0.2) is 24.3 Å². The molecule has 0 saturated carbocycles. The topological polar surface area (TPSA) is 64.3 Å². The fourth-order valence-electron chi connectivity index (χ4n) is 1.50. The van der Waals surface area contributed by atoms with Crippen molar-refractivity contribution in [2.75, 3.05) is 20.2 Å². The Bertz CT molecular complexity index is 403. The van der Waals surface area contributed by atoms with Crippen molar-refractivity contribution < 1.29 is 9.53 Å². The molecule has 1 aromatic carbocycles.